The van der Waals surface area contributed by atoms with E-state index in [0.717, 1.165) is 23.1 Å². The van der Waals surface area contributed by atoms with Gasteiger partial charge < -0.3 is 5.32 Å². The Morgan fingerprint density at radius 2 is 1.74 bits per heavy atom. The van der Waals surface area contributed by atoms with E-state index in [1.54, 1.807) is 6.20 Å². The van der Waals surface area contributed by atoms with E-state index < -0.39 is 0 Å². The molecule has 0 spiro atoms. The highest BCUT2D eigenvalue weighted by Crippen LogP contribution is 2.36. The highest BCUT2D eigenvalue weighted by Gasteiger charge is 2.32. The minimum atomic E-state index is -0.0724. The summed E-state index contributed by atoms with van der Waals surface area (Å²) >= 11 is 0. The average molecular weight is 300 g/mol. The summed E-state index contributed by atoms with van der Waals surface area (Å²) in [5, 5.41) is 3.00. The maximum atomic E-state index is 12.6. The first-order valence-corrected chi connectivity index (χ1v) is 7.72. The SMILES string of the molecule is O=C(Nc1ncccc1-c1ccccc1)C1Cc2ccccc21. The van der Waals surface area contributed by atoms with Crippen LogP contribution in [0.5, 0.6) is 0 Å². The Balaban J connectivity index is 1.60. The second-order valence-electron chi connectivity index (χ2n) is 5.71. The number of benzene rings is 2. The number of carbonyl (C=O) groups excluding carboxylic acids is 1. The predicted octanol–water partition coefficient (Wildman–Crippen LogP) is 4.03. The number of carbonyl (C=O) groups is 1. The molecule has 3 nitrogen and oxygen atoms in total. The largest absolute Gasteiger partial charge is 0.310 e. The lowest BCUT2D eigenvalue weighted by Crippen LogP contribution is -2.30. The number of aromatic nitrogens is 1. The van der Waals surface area contributed by atoms with Gasteiger partial charge in [-0.15, -0.1) is 0 Å². The number of rotatable bonds is 3. The van der Waals surface area contributed by atoms with Gasteiger partial charge in [-0.25, -0.2) is 4.98 Å². The Hall–Kier alpha value is -2.94. The summed E-state index contributed by atoms with van der Waals surface area (Å²) in [6, 6.07) is 21.9. The first kappa shape index (κ1) is 13.7. The van der Waals surface area contributed by atoms with Crippen LogP contribution in [0.2, 0.25) is 0 Å². The average Bonchev–Trinajstić information content (AvgIpc) is 2.57. The van der Waals surface area contributed by atoms with Crippen molar-refractivity contribution in [2.75, 3.05) is 5.32 Å². The van der Waals surface area contributed by atoms with Gasteiger partial charge in [0.15, 0.2) is 0 Å². The Kier molecular flexibility index (Phi) is 3.39. The van der Waals surface area contributed by atoms with Gasteiger partial charge in [-0.3, -0.25) is 4.79 Å². The number of amides is 1. The molecule has 112 valence electrons. The van der Waals surface area contributed by atoms with Crippen LogP contribution in [-0.4, -0.2) is 10.9 Å². The molecule has 1 amide bonds. The second kappa shape index (κ2) is 5.69. The van der Waals surface area contributed by atoms with Gasteiger partial charge in [-0.05, 0) is 35.2 Å². The lowest BCUT2D eigenvalue weighted by Gasteiger charge is -2.28. The Morgan fingerprint density at radius 1 is 0.957 bits per heavy atom. The molecule has 1 aliphatic rings. The van der Waals surface area contributed by atoms with Crippen molar-refractivity contribution in [2.24, 2.45) is 0 Å². The number of hydrogen-bond donors (Lipinski definition) is 1. The fraction of sp³-hybridized carbons (Fsp3) is 0.100. The lowest BCUT2D eigenvalue weighted by molar-refractivity contribution is -0.118. The van der Waals surface area contributed by atoms with E-state index in [9.17, 15) is 4.79 Å². The second-order valence-corrected chi connectivity index (χ2v) is 5.71. The molecule has 0 bridgehead atoms. The van der Waals surface area contributed by atoms with Crippen LogP contribution in [0.4, 0.5) is 5.82 Å². The van der Waals surface area contributed by atoms with Crippen molar-refractivity contribution in [3.63, 3.8) is 0 Å². The molecule has 0 saturated heterocycles. The van der Waals surface area contributed by atoms with Gasteiger partial charge in [0.25, 0.3) is 0 Å². The summed E-state index contributed by atoms with van der Waals surface area (Å²) in [4.78, 5) is 16.9. The van der Waals surface area contributed by atoms with Crippen LogP contribution >= 0.6 is 0 Å². The highest BCUT2D eigenvalue weighted by molar-refractivity contribution is 5.99. The number of nitrogens with zero attached hydrogens (tertiary/aromatic N) is 1. The van der Waals surface area contributed by atoms with Gasteiger partial charge in [0, 0.05) is 11.8 Å². The van der Waals surface area contributed by atoms with E-state index in [1.807, 2.05) is 60.7 Å². The lowest BCUT2D eigenvalue weighted by atomic mass is 9.77. The first-order valence-electron chi connectivity index (χ1n) is 7.72. The Labute approximate surface area is 135 Å². The zero-order valence-electron chi connectivity index (χ0n) is 12.6. The third-order valence-electron chi connectivity index (χ3n) is 4.31. The van der Waals surface area contributed by atoms with E-state index in [0.29, 0.717) is 5.82 Å². The minimum absolute atomic E-state index is 0.0135. The number of hydrogen-bond acceptors (Lipinski definition) is 2. The minimum Gasteiger partial charge on any atom is -0.310 e. The third kappa shape index (κ3) is 2.50. The summed E-state index contributed by atoms with van der Waals surface area (Å²) in [6.45, 7) is 0. The number of anilines is 1. The number of nitrogens with one attached hydrogen (secondary N) is 1. The van der Waals surface area contributed by atoms with E-state index >= 15 is 0 Å². The zero-order valence-corrected chi connectivity index (χ0v) is 12.6. The van der Waals surface area contributed by atoms with Crippen molar-refractivity contribution in [1.29, 1.82) is 0 Å². The van der Waals surface area contributed by atoms with Gasteiger partial charge in [0.05, 0.1) is 5.92 Å². The third-order valence-corrected chi connectivity index (χ3v) is 4.31. The van der Waals surface area contributed by atoms with Crippen molar-refractivity contribution in [3.8, 4) is 11.1 Å². The van der Waals surface area contributed by atoms with Gasteiger partial charge in [-0.2, -0.15) is 0 Å². The maximum absolute atomic E-state index is 12.6. The quantitative estimate of drug-likeness (QED) is 0.793. The van der Waals surface area contributed by atoms with E-state index in [-0.39, 0.29) is 11.8 Å². The van der Waals surface area contributed by atoms with E-state index in [2.05, 4.69) is 16.4 Å². The van der Waals surface area contributed by atoms with Gasteiger partial charge >= 0.3 is 0 Å². The number of fused-ring (bicyclic) bond motifs is 1. The van der Waals surface area contributed by atoms with E-state index in [4.69, 9.17) is 0 Å². The summed E-state index contributed by atoms with van der Waals surface area (Å²) in [5.41, 5.74) is 4.37. The molecule has 0 radical (unpaired) electrons. The van der Waals surface area contributed by atoms with Crippen LogP contribution in [0.1, 0.15) is 17.0 Å². The highest BCUT2D eigenvalue weighted by atomic mass is 16.2. The molecule has 1 unspecified atom stereocenters. The molecule has 1 aliphatic carbocycles. The Bertz CT molecular complexity index is 858. The van der Waals surface area contributed by atoms with Crippen molar-refractivity contribution in [2.45, 2.75) is 12.3 Å². The molecule has 1 heterocycles. The monoisotopic (exact) mass is 300 g/mol. The Morgan fingerprint density at radius 3 is 2.57 bits per heavy atom. The van der Waals surface area contributed by atoms with Crippen LogP contribution in [0.25, 0.3) is 11.1 Å². The summed E-state index contributed by atoms with van der Waals surface area (Å²) < 4.78 is 0. The topological polar surface area (TPSA) is 42.0 Å². The predicted molar refractivity (Wildman–Crippen MR) is 91.2 cm³/mol. The van der Waals surface area contributed by atoms with Crippen molar-refractivity contribution >= 4 is 11.7 Å². The van der Waals surface area contributed by atoms with Crippen LogP contribution in [0.3, 0.4) is 0 Å². The standard InChI is InChI=1S/C20H16N2O/c23-20(18-13-15-9-4-5-10-16(15)18)22-19-17(11-6-12-21-19)14-7-2-1-3-8-14/h1-12,18H,13H2,(H,21,22,23). The molecule has 0 saturated carbocycles. The molecule has 1 atom stereocenters. The summed E-state index contributed by atoms with van der Waals surface area (Å²) in [5.74, 6) is 0.560. The molecular weight excluding hydrogens is 284 g/mol. The van der Waals surface area contributed by atoms with Gasteiger partial charge in [0.1, 0.15) is 5.82 Å². The van der Waals surface area contributed by atoms with Gasteiger partial charge in [-0.1, -0.05) is 54.6 Å². The number of pyridine rings is 1. The summed E-state index contributed by atoms with van der Waals surface area (Å²) in [7, 11) is 0. The molecule has 3 heteroatoms. The molecule has 0 fully saturated rings. The molecule has 4 rings (SSSR count). The van der Waals surface area contributed by atoms with E-state index in [1.165, 1.54) is 5.56 Å². The molecule has 1 aromatic heterocycles. The van der Waals surface area contributed by atoms with Crippen molar-refractivity contribution in [1.82, 2.24) is 4.98 Å². The van der Waals surface area contributed by atoms with Crippen LogP contribution in [-0.2, 0) is 11.2 Å². The molecule has 23 heavy (non-hydrogen) atoms. The van der Waals surface area contributed by atoms with Crippen molar-refractivity contribution in [3.05, 3.63) is 84.1 Å². The molecule has 1 N–H and O–H groups in total. The zero-order chi connectivity index (χ0) is 15.6. The normalized spacial score (nSPS) is 15.4. The van der Waals surface area contributed by atoms with Gasteiger partial charge in [0.2, 0.25) is 5.91 Å². The fourth-order valence-electron chi connectivity index (χ4n) is 3.05. The smallest absolute Gasteiger partial charge is 0.233 e. The fourth-order valence-corrected chi connectivity index (χ4v) is 3.05. The van der Waals surface area contributed by atoms with Crippen LogP contribution < -0.4 is 5.32 Å². The molecule has 2 aromatic carbocycles. The first-order chi connectivity index (χ1) is 11.3. The van der Waals surface area contributed by atoms with Crippen LogP contribution in [0.15, 0.2) is 72.9 Å². The molecule has 0 aliphatic heterocycles. The van der Waals surface area contributed by atoms with Crippen molar-refractivity contribution < 1.29 is 4.79 Å². The van der Waals surface area contributed by atoms with Crippen LogP contribution in [0, 0.1) is 0 Å². The molecule has 3 aromatic rings. The summed E-state index contributed by atoms with van der Waals surface area (Å²) in [6.07, 6.45) is 2.51. The molecular formula is C20H16N2O. The maximum Gasteiger partial charge on any atom is 0.233 e.